The summed E-state index contributed by atoms with van der Waals surface area (Å²) in [5.74, 6) is 0.705. The Morgan fingerprint density at radius 2 is 1.43 bits per heavy atom. The second kappa shape index (κ2) is 11.6. The van der Waals surface area contributed by atoms with Crippen molar-refractivity contribution >= 4 is 15.9 Å². The molecule has 0 saturated carbocycles. The number of alkyl halides is 6. The predicted octanol–water partition coefficient (Wildman–Crippen LogP) is 7.43. The SMILES string of the molecule is CS(=O)(=O)Cc1ccc(-c2ccc3c(c2)CCC2(CCN(C(=O)OCc4cc(C(F)(F)F)cc(C(F)(F)F)c4)CC2)O3)cc1. The summed E-state index contributed by atoms with van der Waals surface area (Å²) in [7, 11) is -3.13. The Hall–Kier alpha value is -3.74. The molecule has 236 valence electrons. The average Bonchev–Trinajstić information content (AvgIpc) is 2.94. The zero-order chi connectivity index (χ0) is 31.9. The van der Waals surface area contributed by atoms with E-state index in [4.69, 9.17) is 9.47 Å². The van der Waals surface area contributed by atoms with Gasteiger partial charge in [-0.25, -0.2) is 13.2 Å². The van der Waals surface area contributed by atoms with Gasteiger partial charge >= 0.3 is 18.4 Å². The molecule has 0 bridgehead atoms. The van der Waals surface area contributed by atoms with Crippen LogP contribution in [0.25, 0.3) is 11.1 Å². The highest BCUT2D eigenvalue weighted by atomic mass is 32.2. The number of halogens is 6. The fourth-order valence-electron chi connectivity index (χ4n) is 5.58. The van der Waals surface area contributed by atoms with Gasteiger partial charge in [-0.3, -0.25) is 0 Å². The Morgan fingerprint density at radius 1 is 0.841 bits per heavy atom. The number of hydrogen-bond acceptors (Lipinski definition) is 5. The number of carbonyl (C=O) groups is 1. The van der Waals surface area contributed by atoms with Gasteiger partial charge < -0.3 is 14.4 Å². The van der Waals surface area contributed by atoms with Gasteiger partial charge in [0.15, 0.2) is 9.84 Å². The lowest BCUT2D eigenvalue weighted by Crippen LogP contribution is -2.51. The number of amides is 1. The zero-order valence-corrected chi connectivity index (χ0v) is 24.4. The van der Waals surface area contributed by atoms with E-state index in [1.54, 1.807) is 12.1 Å². The number of carbonyl (C=O) groups excluding carboxylic acids is 1. The molecule has 5 rings (SSSR count). The van der Waals surface area contributed by atoms with Crippen LogP contribution in [0.5, 0.6) is 5.75 Å². The highest BCUT2D eigenvalue weighted by molar-refractivity contribution is 7.89. The van der Waals surface area contributed by atoms with Crippen LogP contribution in [0.1, 0.15) is 47.1 Å². The number of benzene rings is 3. The highest BCUT2D eigenvalue weighted by Gasteiger charge is 2.41. The second-order valence-electron chi connectivity index (χ2n) is 11.3. The Labute approximate surface area is 250 Å². The third-order valence-corrected chi connectivity index (χ3v) is 8.75. The topological polar surface area (TPSA) is 72.9 Å². The minimum atomic E-state index is -4.99. The largest absolute Gasteiger partial charge is 0.487 e. The van der Waals surface area contributed by atoms with E-state index in [0.717, 1.165) is 28.9 Å². The monoisotopic (exact) mass is 641 g/mol. The van der Waals surface area contributed by atoms with Crippen LogP contribution in [0.4, 0.5) is 31.1 Å². The number of ether oxygens (including phenoxy) is 2. The van der Waals surface area contributed by atoms with Gasteiger partial charge in [0.1, 0.15) is 18.0 Å². The molecule has 0 radical (unpaired) electrons. The average molecular weight is 642 g/mol. The lowest BCUT2D eigenvalue weighted by molar-refractivity contribution is -0.143. The number of likely N-dealkylation sites (tertiary alicyclic amines) is 1. The number of aryl methyl sites for hydroxylation is 1. The van der Waals surface area contributed by atoms with E-state index >= 15 is 0 Å². The van der Waals surface area contributed by atoms with Gasteiger partial charge in [-0.05, 0) is 71.0 Å². The first-order valence-corrected chi connectivity index (χ1v) is 15.8. The molecule has 6 nitrogen and oxygen atoms in total. The lowest BCUT2D eigenvalue weighted by atomic mass is 9.82. The fraction of sp³-hybridized carbons (Fsp3) is 0.387. The molecule has 3 aromatic rings. The van der Waals surface area contributed by atoms with E-state index in [-0.39, 0.29) is 24.9 Å². The van der Waals surface area contributed by atoms with E-state index in [2.05, 4.69) is 0 Å². The summed E-state index contributed by atoms with van der Waals surface area (Å²) >= 11 is 0. The maximum Gasteiger partial charge on any atom is 0.416 e. The number of sulfone groups is 1. The van der Waals surface area contributed by atoms with Crippen molar-refractivity contribution < 1.29 is 49.0 Å². The van der Waals surface area contributed by atoms with Crippen molar-refractivity contribution in [1.29, 1.82) is 0 Å². The molecule has 1 fully saturated rings. The molecule has 3 aromatic carbocycles. The van der Waals surface area contributed by atoms with Crippen LogP contribution in [0.3, 0.4) is 0 Å². The van der Waals surface area contributed by atoms with E-state index < -0.39 is 57.2 Å². The molecule has 13 heteroatoms. The summed E-state index contributed by atoms with van der Waals surface area (Å²) in [6, 6.07) is 14.3. The molecule has 44 heavy (non-hydrogen) atoms. The van der Waals surface area contributed by atoms with Crippen molar-refractivity contribution in [1.82, 2.24) is 4.90 Å². The van der Waals surface area contributed by atoms with E-state index in [1.165, 1.54) is 11.2 Å². The van der Waals surface area contributed by atoms with Crippen molar-refractivity contribution in [3.63, 3.8) is 0 Å². The predicted molar refractivity (Wildman–Crippen MR) is 150 cm³/mol. The van der Waals surface area contributed by atoms with Crippen LogP contribution in [-0.2, 0) is 45.7 Å². The number of hydrogen-bond donors (Lipinski definition) is 0. The fourth-order valence-corrected chi connectivity index (χ4v) is 6.38. The van der Waals surface area contributed by atoms with Crippen molar-refractivity contribution in [2.45, 2.75) is 56.0 Å². The summed E-state index contributed by atoms with van der Waals surface area (Å²) in [6.07, 6.45) is -7.23. The molecule has 1 spiro atoms. The van der Waals surface area contributed by atoms with Crippen LogP contribution < -0.4 is 4.74 Å². The van der Waals surface area contributed by atoms with Gasteiger partial charge in [-0.15, -0.1) is 0 Å². The molecule has 0 aliphatic carbocycles. The van der Waals surface area contributed by atoms with Crippen molar-refractivity contribution in [3.8, 4) is 16.9 Å². The second-order valence-corrected chi connectivity index (χ2v) is 13.5. The van der Waals surface area contributed by atoms with Gasteiger partial charge in [-0.1, -0.05) is 30.3 Å². The summed E-state index contributed by atoms with van der Waals surface area (Å²) < 4.78 is 113. The maximum atomic E-state index is 13.1. The zero-order valence-electron chi connectivity index (χ0n) is 23.6. The van der Waals surface area contributed by atoms with E-state index in [0.29, 0.717) is 37.0 Å². The van der Waals surface area contributed by atoms with Crippen molar-refractivity contribution in [2.75, 3.05) is 19.3 Å². The molecule has 0 aromatic heterocycles. The first kappa shape index (κ1) is 31.7. The lowest BCUT2D eigenvalue weighted by Gasteiger charge is -2.44. The van der Waals surface area contributed by atoms with Crippen LogP contribution in [0, 0.1) is 0 Å². The molecular formula is C31H29F6NO5S. The van der Waals surface area contributed by atoms with Crippen LogP contribution in [0.2, 0.25) is 0 Å². The van der Waals surface area contributed by atoms with E-state index in [1.807, 2.05) is 30.3 Å². The Kier molecular flexibility index (Phi) is 8.38. The molecule has 1 amide bonds. The normalized spacial score (nSPS) is 16.8. The smallest absolute Gasteiger partial charge is 0.416 e. The number of piperidine rings is 1. The van der Waals surface area contributed by atoms with Crippen molar-refractivity contribution in [2.24, 2.45) is 0 Å². The summed E-state index contributed by atoms with van der Waals surface area (Å²) in [4.78, 5) is 14.0. The molecule has 0 N–H and O–H groups in total. The quantitative estimate of drug-likeness (QED) is 0.271. The van der Waals surface area contributed by atoms with Gasteiger partial charge in [-0.2, -0.15) is 26.3 Å². The van der Waals surface area contributed by atoms with Gasteiger partial charge in [0, 0.05) is 32.2 Å². The van der Waals surface area contributed by atoms with Gasteiger partial charge in [0.05, 0.1) is 16.9 Å². The minimum Gasteiger partial charge on any atom is -0.487 e. The number of nitrogens with zero attached hydrogens (tertiary/aromatic N) is 1. The van der Waals surface area contributed by atoms with Gasteiger partial charge in [0.25, 0.3) is 0 Å². The molecule has 2 aliphatic heterocycles. The molecular weight excluding hydrogens is 612 g/mol. The first-order valence-electron chi connectivity index (χ1n) is 13.8. The first-order chi connectivity index (χ1) is 20.5. The molecule has 2 heterocycles. The van der Waals surface area contributed by atoms with Crippen LogP contribution >= 0.6 is 0 Å². The molecule has 1 saturated heterocycles. The number of fused-ring (bicyclic) bond motifs is 1. The highest BCUT2D eigenvalue weighted by Crippen LogP contribution is 2.41. The third kappa shape index (κ3) is 7.48. The van der Waals surface area contributed by atoms with Crippen LogP contribution in [-0.4, -0.2) is 44.4 Å². The van der Waals surface area contributed by atoms with Gasteiger partial charge in [0.2, 0.25) is 0 Å². The molecule has 0 atom stereocenters. The minimum absolute atomic E-state index is 0.0266. The molecule has 2 aliphatic rings. The van der Waals surface area contributed by atoms with Crippen molar-refractivity contribution in [3.05, 3.63) is 88.5 Å². The Balaban J connectivity index is 1.18. The summed E-state index contributed by atoms with van der Waals surface area (Å²) in [6.45, 7) is -0.231. The Bertz CT molecular complexity index is 1610. The summed E-state index contributed by atoms with van der Waals surface area (Å²) in [5, 5.41) is 0. The molecule has 0 unspecified atom stereocenters. The van der Waals surface area contributed by atoms with Crippen LogP contribution in [0.15, 0.2) is 60.7 Å². The number of rotatable bonds is 5. The standard InChI is InChI=1S/C31H29F6NO5S/c1-44(40,41)19-20-2-4-22(5-3-20)23-6-7-27-24(16-23)8-9-29(43-27)10-12-38(13-11-29)28(39)42-18-21-14-25(30(32,33)34)17-26(15-21)31(35,36)37/h2-7,14-17H,8-13,18-19H2,1H3. The Morgan fingerprint density at radius 3 is 2.00 bits per heavy atom. The van der Waals surface area contributed by atoms with E-state index in [9.17, 15) is 39.6 Å². The maximum absolute atomic E-state index is 13.1. The third-order valence-electron chi connectivity index (χ3n) is 7.90. The summed E-state index contributed by atoms with van der Waals surface area (Å²) in [5.41, 5.74) is -0.223.